The highest BCUT2D eigenvalue weighted by molar-refractivity contribution is 6.00. The third kappa shape index (κ3) is 5.59. The molecular formula is C23H28O5. The van der Waals surface area contributed by atoms with Crippen LogP contribution < -0.4 is 4.74 Å². The van der Waals surface area contributed by atoms with E-state index in [1.54, 1.807) is 40.9 Å². The highest BCUT2D eigenvalue weighted by Gasteiger charge is 2.46. The smallest absolute Gasteiger partial charge is 0.324 e. The van der Waals surface area contributed by atoms with Gasteiger partial charge in [-0.15, -0.1) is 0 Å². The molecule has 0 aromatic heterocycles. The Morgan fingerprint density at radius 1 is 0.857 bits per heavy atom. The Morgan fingerprint density at radius 2 is 1.46 bits per heavy atom. The molecule has 0 N–H and O–H groups in total. The lowest BCUT2D eigenvalue weighted by Gasteiger charge is -2.30. The number of rotatable bonds is 7. The van der Waals surface area contributed by atoms with E-state index in [9.17, 15) is 9.59 Å². The standard InChI is InChI=1S/C23H28O5/c1-22(2,3)28-21(25)23(4,15-17-11-7-6-8-12-17)20(24)27-16-18-13-9-10-14-19(18)26-5/h6-14H,15-16H2,1-5H3/t23-/m0/s1. The second kappa shape index (κ2) is 8.91. The van der Waals surface area contributed by atoms with Crippen LogP contribution in [-0.4, -0.2) is 24.6 Å². The second-order valence-corrected chi connectivity index (χ2v) is 7.88. The van der Waals surface area contributed by atoms with E-state index in [0.717, 1.165) is 11.1 Å². The second-order valence-electron chi connectivity index (χ2n) is 7.88. The van der Waals surface area contributed by atoms with E-state index in [1.807, 2.05) is 48.5 Å². The van der Waals surface area contributed by atoms with Crippen molar-refractivity contribution >= 4 is 11.9 Å². The minimum Gasteiger partial charge on any atom is -0.496 e. The Kier molecular flexibility index (Phi) is 6.84. The fraction of sp³-hybridized carbons (Fsp3) is 0.391. The van der Waals surface area contributed by atoms with Gasteiger partial charge in [-0.1, -0.05) is 48.5 Å². The molecule has 0 amide bonds. The third-order valence-corrected chi connectivity index (χ3v) is 4.25. The normalized spacial score (nSPS) is 13.3. The summed E-state index contributed by atoms with van der Waals surface area (Å²) in [6.45, 7) is 6.89. The van der Waals surface area contributed by atoms with Gasteiger partial charge in [0.1, 0.15) is 18.0 Å². The lowest BCUT2D eigenvalue weighted by Crippen LogP contribution is -2.44. The van der Waals surface area contributed by atoms with Crippen molar-refractivity contribution in [2.75, 3.05) is 7.11 Å². The van der Waals surface area contributed by atoms with Gasteiger partial charge in [-0.05, 0) is 45.7 Å². The summed E-state index contributed by atoms with van der Waals surface area (Å²) in [5.41, 5.74) is -0.594. The molecule has 2 aromatic rings. The molecular weight excluding hydrogens is 356 g/mol. The van der Waals surface area contributed by atoms with Crippen LogP contribution in [0.4, 0.5) is 0 Å². The first-order valence-corrected chi connectivity index (χ1v) is 9.22. The summed E-state index contributed by atoms with van der Waals surface area (Å²) in [5, 5.41) is 0. The molecule has 0 unspecified atom stereocenters. The van der Waals surface area contributed by atoms with Crippen molar-refractivity contribution in [1.29, 1.82) is 0 Å². The molecule has 0 bridgehead atoms. The number of methoxy groups -OCH3 is 1. The van der Waals surface area contributed by atoms with Crippen molar-refractivity contribution in [3.63, 3.8) is 0 Å². The van der Waals surface area contributed by atoms with Gasteiger partial charge in [0.05, 0.1) is 7.11 Å². The van der Waals surface area contributed by atoms with Gasteiger partial charge in [-0.2, -0.15) is 0 Å². The quantitative estimate of drug-likeness (QED) is 0.525. The van der Waals surface area contributed by atoms with Crippen LogP contribution in [0.15, 0.2) is 54.6 Å². The summed E-state index contributed by atoms with van der Waals surface area (Å²) >= 11 is 0. The zero-order valence-corrected chi connectivity index (χ0v) is 17.2. The summed E-state index contributed by atoms with van der Waals surface area (Å²) in [7, 11) is 1.56. The number of carbonyl (C=O) groups is 2. The molecule has 0 fully saturated rings. The van der Waals surface area contributed by atoms with Crippen LogP contribution >= 0.6 is 0 Å². The van der Waals surface area contributed by atoms with Gasteiger partial charge in [0, 0.05) is 5.56 Å². The van der Waals surface area contributed by atoms with Crippen LogP contribution in [0.1, 0.15) is 38.8 Å². The molecule has 0 aliphatic carbocycles. The minimum absolute atomic E-state index is 0.00994. The molecule has 0 radical (unpaired) electrons. The van der Waals surface area contributed by atoms with E-state index < -0.39 is 23.0 Å². The zero-order valence-electron chi connectivity index (χ0n) is 17.2. The predicted molar refractivity (Wildman–Crippen MR) is 107 cm³/mol. The molecule has 1 atom stereocenters. The monoisotopic (exact) mass is 384 g/mol. The summed E-state index contributed by atoms with van der Waals surface area (Å²) in [4.78, 5) is 25.9. The Balaban J connectivity index is 2.24. The Labute approximate surface area is 166 Å². The van der Waals surface area contributed by atoms with Gasteiger partial charge in [0.2, 0.25) is 0 Å². The molecule has 0 saturated heterocycles. The van der Waals surface area contributed by atoms with Crippen molar-refractivity contribution in [2.45, 2.75) is 46.3 Å². The zero-order chi connectivity index (χ0) is 20.8. The van der Waals surface area contributed by atoms with Crippen molar-refractivity contribution in [3.8, 4) is 5.75 Å². The molecule has 0 spiro atoms. The number of hydrogen-bond acceptors (Lipinski definition) is 5. The first-order valence-electron chi connectivity index (χ1n) is 9.22. The summed E-state index contributed by atoms with van der Waals surface area (Å²) in [6.07, 6.45) is 0.188. The van der Waals surface area contributed by atoms with Crippen molar-refractivity contribution in [3.05, 3.63) is 65.7 Å². The maximum absolute atomic E-state index is 13.0. The average Bonchev–Trinajstić information content (AvgIpc) is 2.65. The molecule has 5 nitrogen and oxygen atoms in total. The summed E-state index contributed by atoms with van der Waals surface area (Å²) < 4.78 is 16.3. The third-order valence-electron chi connectivity index (χ3n) is 4.25. The van der Waals surface area contributed by atoms with Gasteiger partial charge in [-0.25, -0.2) is 0 Å². The molecule has 2 aromatic carbocycles. The highest BCUT2D eigenvalue weighted by Crippen LogP contribution is 2.30. The maximum atomic E-state index is 13.0. The van der Waals surface area contributed by atoms with Crippen LogP contribution in [-0.2, 0) is 32.1 Å². The molecule has 0 saturated carbocycles. The predicted octanol–water partition coefficient (Wildman–Crippen LogP) is 4.33. The van der Waals surface area contributed by atoms with Gasteiger partial charge in [0.25, 0.3) is 0 Å². The summed E-state index contributed by atoms with van der Waals surface area (Å²) in [5.74, 6) is -0.609. The van der Waals surface area contributed by atoms with Crippen molar-refractivity contribution < 1.29 is 23.8 Å². The van der Waals surface area contributed by atoms with Gasteiger partial charge < -0.3 is 14.2 Å². The van der Waals surface area contributed by atoms with Crippen LogP contribution in [0.3, 0.4) is 0 Å². The first kappa shape index (κ1) is 21.5. The fourth-order valence-corrected chi connectivity index (χ4v) is 2.75. The molecule has 0 aliphatic rings. The number of hydrogen-bond donors (Lipinski definition) is 0. The highest BCUT2D eigenvalue weighted by atomic mass is 16.6. The average molecular weight is 384 g/mol. The summed E-state index contributed by atoms with van der Waals surface area (Å²) in [6, 6.07) is 16.6. The molecule has 2 rings (SSSR count). The largest absolute Gasteiger partial charge is 0.496 e. The van der Waals surface area contributed by atoms with Crippen LogP contribution in [0.2, 0.25) is 0 Å². The minimum atomic E-state index is -1.46. The molecule has 150 valence electrons. The van der Waals surface area contributed by atoms with Gasteiger partial charge in [-0.3, -0.25) is 9.59 Å². The van der Waals surface area contributed by atoms with Gasteiger partial charge >= 0.3 is 11.9 Å². The number of para-hydroxylation sites is 1. The van der Waals surface area contributed by atoms with Crippen LogP contribution in [0, 0.1) is 5.41 Å². The maximum Gasteiger partial charge on any atom is 0.324 e. The molecule has 0 aliphatic heterocycles. The Hall–Kier alpha value is -2.82. The van der Waals surface area contributed by atoms with Crippen LogP contribution in [0.25, 0.3) is 0 Å². The number of carbonyl (C=O) groups excluding carboxylic acids is 2. The van der Waals surface area contributed by atoms with E-state index in [2.05, 4.69) is 0 Å². The molecule has 5 heteroatoms. The lowest BCUT2D eigenvalue weighted by atomic mass is 9.83. The van der Waals surface area contributed by atoms with E-state index in [0.29, 0.717) is 5.75 Å². The van der Waals surface area contributed by atoms with E-state index in [4.69, 9.17) is 14.2 Å². The van der Waals surface area contributed by atoms with Crippen LogP contribution in [0.5, 0.6) is 5.75 Å². The number of ether oxygens (including phenoxy) is 3. The van der Waals surface area contributed by atoms with Crippen molar-refractivity contribution in [1.82, 2.24) is 0 Å². The Morgan fingerprint density at radius 3 is 2.07 bits per heavy atom. The van der Waals surface area contributed by atoms with Gasteiger partial charge in [0.15, 0.2) is 5.41 Å². The topological polar surface area (TPSA) is 61.8 Å². The molecule has 28 heavy (non-hydrogen) atoms. The first-order chi connectivity index (χ1) is 13.2. The van der Waals surface area contributed by atoms with E-state index >= 15 is 0 Å². The lowest BCUT2D eigenvalue weighted by molar-refractivity contribution is -0.179. The Bertz CT molecular complexity index is 807. The number of benzene rings is 2. The van der Waals surface area contributed by atoms with Crippen molar-refractivity contribution in [2.24, 2.45) is 5.41 Å². The van der Waals surface area contributed by atoms with E-state index in [-0.39, 0.29) is 13.0 Å². The number of esters is 2. The fourth-order valence-electron chi connectivity index (χ4n) is 2.75. The van der Waals surface area contributed by atoms with E-state index in [1.165, 1.54) is 0 Å². The molecule has 0 heterocycles. The SMILES string of the molecule is COc1ccccc1COC(=O)[C@](C)(Cc1ccccc1)C(=O)OC(C)(C)C.